The molecule has 20 heavy (non-hydrogen) atoms. The van der Waals surface area contributed by atoms with E-state index in [0.717, 1.165) is 0 Å². The number of methoxy groups -OCH3 is 1. The van der Waals surface area contributed by atoms with Gasteiger partial charge in [0.05, 0.1) is 17.1 Å². The van der Waals surface area contributed by atoms with Gasteiger partial charge in [0, 0.05) is 25.2 Å². The summed E-state index contributed by atoms with van der Waals surface area (Å²) >= 11 is 0. The van der Waals surface area contributed by atoms with Gasteiger partial charge in [-0.15, -0.1) is 0 Å². The maximum Gasteiger partial charge on any atom is 0.338 e. The lowest BCUT2D eigenvalue weighted by Gasteiger charge is -2.20. The number of carbonyl (C=O) groups is 1. The topological polar surface area (TPSA) is 87.9 Å². The molecule has 0 saturated carbocycles. The van der Waals surface area contributed by atoms with Crippen LogP contribution in [0.3, 0.4) is 0 Å². The standard InChI is InChI=1S/C13H15NO6/c1-8-7-19-13(18-2)11(8)20-12(15)9-3-5-10(6-4-9)14(16)17/h3-6,8,11,13H,7H2,1-2H3/t8-,11+,13+/m0/s1. The Bertz CT molecular complexity index is 500. The summed E-state index contributed by atoms with van der Waals surface area (Å²) in [6.45, 7) is 2.35. The van der Waals surface area contributed by atoms with Crippen LogP contribution in [-0.2, 0) is 14.2 Å². The molecule has 0 spiro atoms. The van der Waals surface area contributed by atoms with E-state index in [-0.39, 0.29) is 17.2 Å². The van der Waals surface area contributed by atoms with Gasteiger partial charge in [-0.2, -0.15) is 0 Å². The first kappa shape index (κ1) is 14.4. The van der Waals surface area contributed by atoms with E-state index in [4.69, 9.17) is 14.2 Å². The molecule has 3 atom stereocenters. The molecule has 1 fully saturated rings. The van der Waals surface area contributed by atoms with Crippen molar-refractivity contribution in [2.75, 3.05) is 13.7 Å². The van der Waals surface area contributed by atoms with Gasteiger partial charge in [0.15, 0.2) is 12.4 Å². The number of rotatable bonds is 4. The van der Waals surface area contributed by atoms with E-state index in [9.17, 15) is 14.9 Å². The third-order valence-corrected chi connectivity index (χ3v) is 3.14. The van der Waals surface area contributed by atoms with E-state index in [1.807, 2.05) is 6.92 Å². The maximum atomic E-state index is 12.0. The molecule has 1 aromatic carbocycles. The molecular weight excluding hydrogens is 266 g/mol. The van der Waals surface area contributed by atoms with Crippen molar-refractivity contribution < 1.29 is 23.9 Å². The molecule has 0 bridgehead atoms. The number of hydrogen-bond acceptors (Lipinski definition) is 6. The molecule has 108 valence electrons. The Morgan fingerprint density at radius 2 is 2.05 bits per heavy atom. The second-order valence-corrected chi connectivity index (χ2v) is 4.59. The van der Waals surface area contributed by atoms with Gasteiger partial charge in [0.1, 0.15) is 0 Å². The van der Waals surface area contributed by atoms with Crippen LogP contribution in [0.15, 0.2) is 24.3 Å². The molecule has 0 aromatic heterocycles. The number of hydrogen-bond donors (Lipinski definition) is 0. The Morgan fingerprint density at radius 3 is 2.60 bits per heavy atom. The summed E-state index contributed by atoms with van der Waals surface area (Å²) in [5.41, 5.74) is 0.179. The number of nitrogens with zero attached hydrogens (tertiary/aromatic N) is 1. The largest absolute Gasteiger partial charge is 0.453 e. The molecular formula is C13H15NO6. The highest BCUT2D eigenvalue weighted by molar-refractivity contribution is 5.89. The van der Waals surface area contributed by atoms with Gasteiger partial charge >= 0.3 is 5.97 Å². The number of benzene rings is 1. The first-order chi connectivity index (χ1) is 9.52. The molecule has 0 unspecified atom stereocenters. The first-order valence-electron chi connectivity index (χ1n) is 6.12. The van der Waals surface area contributed by atoms with Crippen LogP contribution in [0.5, 0.6) is 0 Å². The van der Waals surface area contributed by atoms with Gasteiger partial charge in [-0.1, -0.05) is 6.92 Å². The highest BCUT2D eigenvalue weighted by Gasteiger charge is 2.38. The van der Waals surface area contributed by atoms with Gasteiger partial charge in [-0.3, -0.25) is 10.1 Å². The summed E-state index contributed by atoms with van der Waals surface area (Å²) in [5.74, 6) is -0.522. The predicted octanol–water partition coefficient (Wildman–Crippen LogP) is 1.76. The van der Waals surface area contributed by atoms with Crippen molar-refractivity contribution in [2.24, 2.45) is 5.92 Å². The van der Waals surface area contributed by atoms with Crippen molar-refractivity contribution in [1.29, 1.82) is 0 Å². The van der Waals surface area contributed by atoms with Crippen molar-refractivity contribution >= 4 is 11.7 Å². The molecule has 0 N–H and O–H groups in total. The van der Waals surface area contributed by atoms with Crippen molar-refractivity contribution in [3.63, 3.8) is 0 Å². The molecule has 0 radical (unpaired) electrons. The summed E-state index contributed by atoms with van der Waals surface area (Å²) in [5, 5.41) is 10.5. The molecule has 1 aromatic rings. The molecule has 1 heterocycles. The lowest BCUT2D eigenvalue weighted by molar-refractivity contribution is -0.384. The summed E-state index contributed by atoms with van der Waals surface area (Å²) in [6.07, 6.45) is -1.06. The minimum Gasteiger partial charge on any atom is -0.453 e. The number of carbonyl (C=O) groups excluding carboxylic acids is 1. The molecule has 1 saturated heterocycles. The second-order valence-electron chi connectivity index (χ2n) is 4.59. The Morgan fingerprint density at radius 1 is 1.40 bits per heavy atom. The van der Waals surface area contributed by atoms with Gasteiger partial charge in [-0.05, 0) is 12.1 Å². The van der Waals surface area contributed by atoms with Gasteiger partial charge in [0.25, 0.3) is 5.69 Å². The molecule has 7 nitrogen and oxygen atoms in total. The second kappa shape index (κ2) is 5.98. The Kier molecular flexibility index (Phi) is 4.31. The fourth-order valence-electron chi connectivity index (χ4n) is 1.99. The third-order valence-electron chi connectivity index (χ3n) is 3.14. The summed E-state index contributed by atoms with van der Waals surface area (Å²) in [4.78, 5) is 22.0. The van der Waals surface area contributed by atoms with Crippen LogP contribution in [0.25, 0.3) is 0 Å². The van der Waals surface area contributed by atoms with Gasteiger partial charge in [0.2, 0.25) is 0 Å². The van der Waals surface area contributed by atoms with Crippen molar-refractivity contribution in [1.82, 2.24) is 0 Å². The third kappa shape index (κ3) is 2.94. The summed E-state index contributed by atoms with van der Waals surface area (Å²) < 4.78 is 15.8. The first-order valence-corrected chi connectivity index (χ1v) is 6.12. The normalized spacial score (nSPS) is 25.4. The average Bonchev–Trinajstić information content (AvgIpc) is 2.79. The number of ether oxygens (including phenoxy) is 3. The van der Waals surface area contributed by atoms with Gasteiger partial charge in [-0.25, -0.2) is 4.79 Å². The van der Waals surface area contributed by atoms with E-state index < -0.39 is 23.3 Å². The number of nitro groups is 1. The van der Waals surface area contributed by atoms with E-state index >= 15 is 0 Å². The van der Waals surface area contributed by atoms with E-state index in [1.165, 1.54) is 31.4 Å². The zero-order valence-corrected chi connectivity index (χ0v) is 11.1. The zero-order chi connectivity index (χ0) is 14.7. The van der Waals surface area contributed by atoms with Crippen LogP contribution in [0, 0.1) is 16.0 Å². The lowest BCUT2D eigenvalue weighted by atomic mass is 10.1. The fourth-order valence-corrected chi connectivity index (χ4v) is 1.99. The molecule has 0 aliphatic carbocycles. The molecule has 7 heteroatoms. The highest BCUT2D eigenvalue weighted by atomic mass is 16.7. The number of esters is 1. The monoisotopic (exact) mass is 281 g/mol. The van der Waals surface area contributed by atoms with Crippen LogP contribution in [-0.4, -0.2) is 37.0 Å². The van der Waals surface area contributed by atoms with Crippen molar-refractivity contribution in [3.05, 3.63) is 39.9 Å². The Labute approximate surface area is 115 Å². The van der Waals surface area contributed by atoms with Gasteiger partial charge < -0.3 is 14.2 Å². The van der Waals surface area contributed by atoms with Crippen LogP contribution in [0.2, 0.25) is 0 Å². The van der Waals surface area contributed by atoms with E-state index in [2.05, 4.69) is 0 Å². The highest BCUT2D eigenvalue weighted by Crippen LogP contribution is 2.25. The molecule has 1 aliphatic rings. The van der Waals surface area contributed by atoms with Crippen LogP contribution < -0.4 is 0 Å². The van der Waals surface area contributed by atoms with Crippen molar-refractivity contribution in [3.8, 4) is 0 Å². The van der Waals surface area contributed by atoms with E-state index in [1.54, 1.807) is 0 Å². The van der Waals surface area contributed by atoms with Crippen LogP contribution in [0.1, 0.15) is 17.3 Å². The van der Waals surface area contributed by atoms with Crippen LogP contribution in [0.4, 0.5) is 5.69 Å². The molecule has 2 rings (SSSR count). The Balaban J connectivity index is 2.06. The molecule has 0 amide bonds. The minimum atomic E-state index is -0.577. The molecule has 1 aliphatic heterocycles. The zero-order valence-electron chi connectivity index (χ0n) is 11.1. The smallest absolute Gasteiger partial charge is 0.338 e. The summed E-state index contributed by atoms with van der Waals surface area (Å²) in [6, 6.07) is 5.25. The number of nitro benzene ring substituents is 1. The van der Waals surface area contributed by atoms with E-state index in [0.29, 0.717) is 6.61 Å². The Hall–Kier alpha value is -1.99. The predicted molar refractivity (Wildman–Crippen MR) is 68.2 cm³/mol. The maximum absolute atomic E-state index is 12.0. The lowest BCUT2D eigenvalue weighted by Crippen LogP contribution is -2.32. The minimum absolute atomic E-state index is 0.0296. The quantitative estimate of drug-likeness (QED) is 0.474. The van der Waals surface area contributed by atoms with Crippen LogP contribution >= 0.6 is 0 Å². The van der Waals surface area contributed by atoms with Crippen molar-refractivity contribution in [2.45, 2.75) is 19.3 Å². The average molecular weight is 281 g/mol. The fraction of sp³-hybridized carbons (Fsp3) is 0.462. The number of non-ortho nitro benzene ring substituents is 1. The SMILES string of the molecule is CO[C@@H]1OC[C@H](C)[C@H]1OC(=O)c1ccc([N+](=O)[O-])cc1. The summed E-state index contributed by atoms with van der Waals surface area (Å²) in [7, 11) is 1.48.